The zero-order valence-electron chi connectivity index (χ0n) is 16.2. The van der Waals surface area contributed by atoms with Crippen LogP contribution in [0.1, 0.15) is 50.7 Å². The summed E-state index contributed by atoms with van der Waals surface area (Å²) in [6.45, 7) is 10.6. The number of amides is 1. The predicted octanol–water partition coefficient (Wildman–Crippen LogP) is 4.62. The maximum atomic E-state index is 12.4. The van der Waals surface area contributed by atoms with E-state index in [9.17, 15) is 4.79 Å². The summed E-state index contributed by atoms with van der Waals surface area (Å²) in [5, 5.41) is 3.11. The molecular formula is C22H27N3O. The van der Waals surface area contributed by atoms with Crippen molar-refractivity contribution in [3.8, 4) is 0 Å². The van der Waals surface area contributed by atoms with Crippen LogP contribution in [-0.2, 0) is 11.3 Å². The topological polar surface area (TPSA) is 46.9 Å². The van der Waals surface area contributed by atoms with Gasteiger partial charge in [-0.1, -0.05) is 62.7 Å². The molecule has 1 heterocycles. The number of fused-ring (bicyclic) bond motifs is 1. The summed E-state index contributed by atoms with van der Waals surface area (Å²) >= 11 is 0. The Balaban J connectivity index is 2.00. The number of nitrogens with zero attached hydrogens (tertiary/aromatic N) is 2. The third-order valence-electron chi connectivity index (χ3n) is 4.52. The molecule has 0 aliphatic heterocycles. The number of carbonyl (C=O) groups excluding carboxylic acids is 1. The minimum Gasteiger partial charge on any atom is -0.346 e. The van der Waals surface area contributed by atoms with Crippen LogP contribution < -0.4 is 5.32 Å². The van der Waals surface area contributed by atoms with Crippen molar-refractivity contribution in [3.05, 3.63) is 65.5 Å². The molecule has 0 fully saturated rings. The van der Waals surface area contributed by atoms with Crippen molar-refractivity contribution in [1.29, 1.82) is 0 Å². The van der Waals surface area contributed by atoms with Gasteiger partial charge in [-0.15, -0.1) is 0 Å². The van der Waals surface area contributed by atoms with Crippen LogP contribution in [-0.4, -0.2) is 15.5 Å². The Kier molecular flexibility index (Phi) is 4.86. The highest BCUT2D eigenvalue weighted by atomic mass is 16.2. The number of hydrogen-bond acceptors (Lipinski definition) is 2. The Labute approximate surface area is 155 Å². The van der Waals surface area contributed by atoms with E-state index in [-0.39, 0.29) is 11.9 Å². The minimum atomic E-state index is -0.429. The van der Waals surface area contributed by atoms with E-state index in [0.29, 0.717) is 0 Å². The molecule has 0 aliphatic rings. The van der Waals surface area contributed by atoms with Gasteiger partial charge in [0.15, 0.2) is 0 Å². The average molecular weight is 349 g/mol. The third-order valence-corrected chi connectivity index (χ3v) is 4.52. The lowest BCUT2D eigenvalue weighted by Crippen LogP contribution is -2.37. The monoisotopic (exact) mass is 349 g/mol. The first-order valence-electron chi connectivity index (χ1n) is 9.07. The highest BCUT2D eigenvalue weighted by molar-refractivity contribution is 5.82. The summed E-state index contributed by atoms with van der Waals surface area (Å²) in [5.41, 5.74) is 4.07. The maximum absolute atomic E-state index is 12.4. The van der Waals surface area contributed by atoms with Crippen LogP contribution in [0, 0.1) is 12.3 Å². The molecule has 1 atom stereocenters. The first-order chi connectivity index (χ1) is 12.3. The van der Waals surface area contributed by atoms with Crippen molar-refractivity contribution < 1.29 is 4.79 Å². The zero-order valence-corrected chi connectivity index (χ0v) is 16.2. The molecule has 0 bridgehead atoms. The molecule has 1 aromatic heterocycles. The van der Waals surface area contributed by atoms with Crippen LogP contribution in [0.4, 0.5) is 0 Å². The van der Waals surface area contributed by atoms with Crippen LogP contribution in [0.25, 0.3) is 11.0 Å². The maximum Gasteiger partial charge on any atom is 0.225 e. The highest BCUT2D eigenvalue weighted by Crippen LogP contribution is 2.24. The van der Waals surface area contributed by atoms with Gasteiger partial charge in [0.2, 0.25) is 5.91 Å². The lowest BCUT2D eigenvalue weighted by atomic mass is 9.95. The van der Waals surface area contributed by atoms with Crippen LogP contribution in [0.3, 0.4) is 0 Å². The Hall–Kier alpha value is -2.62. The smallest absolute Gasteiger partial charge is 0.225 e. The van der Waals surface area contributed by atoms with E-state index in [1.807, 2.05) is 45.9 Å². The zero-order chi connectivity index (χ0) is 18.9. The van der Waals surface area contributed by atoms with Gasteiger partial charge in [0, 0.05) is 12.0 Å². The molecule has 0 saturated carbocycles. The normalized spacial score (nSPS) is 13.0. The first kappa shape index (κ1) is 18.2. The molecule has 26 heavy (non-hydrogen) atoms. The lowest BCUT2D eigenvalue weighted by molar-refractivity contribution is -0.129. The number of hydrogen-bond donors (Lipinski definition) is 1. The van der Waals surface area contributed by atoms with Gasteiger partial charge in [-0.3, -0.25) is 4.79 Å². The molecule has 4 nitrogen and oxygen atoms in total. The molecule has 3 aromatic rings. The second kappa shape index (κ2) is 6.94. The van der Waals surface area contributed by atoms with E-state index < -0.39 is 5.41 Å². The number of aromatic nitrogens is 2. The van der Waals surface area contributed by atoms with Gasteiger partial charge in [-0.05, 0) is 31.5 Å². The first-order valence-corrected chi connectivity index (χ1v) is 9.07. The van der Waals surface area contributed by atoms with Crippen molar-refractivity contribution in [2.45, 2.75) is 47.2 Å². The van der Waals surface area contributed by atoms with Gasteiger partial charge < -0.3 is 9.88 Å². The molecule has 1 amide bonds. The molecule has 0 saturated heterocycles. The molecular weight excluding hydrogens is 322 g/mol. The number of imidazole rings is 1. The second-order valence-corrected chi connectivity index (χ2v) is 7.98. The molecule has 1 N–H and O–H groups in total. The predicted molar refractivity (Wildman–Crippen MR) is 106 cm³/mol. The van der Waals surface area contributed by atoms with E-state index in [1.54, 1.807) is 0 Å². The molecule has 3 rings (SSSR count). The van der Waals surface area contributed by atoms with Crippen molar-refractivity contribution in [3.63, 3.8) is 0 Å². The number of rotatable bonds is 4. The van der Waals surface area contributed by atoms with Gasteiger partial charge in [-0.2, -0.15) is 0 Å². The molecule has 0 spiro atoms. The molecule has 0 radical (unpaired) electrons. The number of nitrogens with one attached hydrogen (secondary N) is 1. The average Bonchev–Trinajstić information content (AvgIpc) is 2.93. The summed E-state index contributed by atoms with van der Waals surface area (Å²) in [6.07, 6.45) is 0. The van der Waals surface area contributed by atoms with E-state index in [2.05, 4.69) is 47.1 Å². The fourth-order valence-electron chi connectivity index (χ4n) is 3.06. The van der Waals surface area contributed by atoms with E-state index in [4.69, 9.17) is 4.98 Å². The van der Waals surface area contributed by atoms with Crippen molar-refractivity contribution >= 4 is 16.9 Å². The second-order valence-electron chi connectivity index (χ2n) is 7.98. The Morgan fingerprint density at radius 2 is 1.88 bits per heavy atom. The van der Waals surface area contributed by atoms with Gasteiger partial charge in [-0.25, -0.2) is 4.98 Å². The van der Waals surface area contributed by atoms with Crippen LogP contribution in [0.15, 0.2) is 48.5 Å². The molecule has 1 unspecified atom stereocenters. The lowest BCUT2D eigenvalue weighted by Gasteiger charge is -2.22. The highest BCUT2D eigenvalue weighted by Gasteiger charge is 2.25. The van der Waals surface area contributed by atoms with Crippen molar-refractivity contribution in [2.24, 2.45) is 5.41 Å². The Morgan fingerprint density at radius 3 is 2.58 bits per heavy atom. The molecule has 4 heteroatoms. The summed E-state index contributed by atoms with van der Waals surface area (Å²) in [7, 11) is 0. The molecule has 136 valence electrons. The van der Waals surface area contributed by atoms with Crippen molar-refractivity contribution in [2.75, 3.05) is 0 Å². The van der Waals surface area contributed by atoms with E-state index >= 15 is 0 Å². The van der Waals surface area contributed by atoms with E-state index in [1.165, 1.54) is 11.1 Å². The van der Waals surface area contributed by atoms with Gasteiger partial charge in [0.1, 0.15) is 5.82 Å². The standard InChI is InChI=1S/C22H27N3O/c1-15-9-8-10-17(13-15)14-25-19-12-7-6-11-18(19)24-20(25)16(2)23-21(26)22(3,4)5/h6-13,16H,14H2,1-5H3,(H,23,26). The van der Waals surface area contributed by atoms with Crippen LogP contribution in [0.5, 0.6) is 0 Å². The summed E-state index contributed by atoms with van der Waals surface area (Å²) in [4.78, 5) is 17.2. The van der Waals surface area contributed by atoms with Crippen LogP contribution >= 0.6 is 0 Å². The van der Waals surface area contributed by atoms with Crippen molar-refractivity contribution in [1.82, 2.24) is 14.9 Å². The Morgan fingerprint density at radius 1 is 1.15 bits per heavy atom. The van der Waals surface area contributed by atoms with Gasteiger partial charge in [0.25, 0.3) is 0 Å². The SMILES string of the molecule is Cc1cccc(Cn2c(C(C)NC(=O)C(C)(C)C)nc3ccccc32)c1. The van der Waals surface area contributed by atoms with E-state index in [0.717, 1.165) is 23.4 Å². The number of benzene rings is 2. The minimum absolute atomic E-state index is 0.0270. The number of aryl methyl sites for hydroxylation is 1. The summed E-state index contributed by atoms with van der Waals surface area (Å²) < 4.78 is 2.21. The third kappa shape index (κ3) is 3.79. The number of carbonyl (C=O) groups is 1. The summed E-state index contributed by atoms with van der Waals surface area (Å²) in [6, 6.07) is 16.5. The molecule has 2 aromatic carbocycles. The Bertz CT molecular complexity index is 934. The summed E-state index contributed by atoms with van der Waals surface area (Å²) in [5.74, 6) is 0.907. The van der Waals surface area contributed by atoms with Crippen LogP contribution in [0.2, 0.25) is 0 Å². The molecule has 0 aliphatic carbocycles. The van der Waals surface area contributed by atoms with Gasteiger partial charge in [0.05, 0.1) is 17.1 Å². The van der Waals surface area contributed by atoms with Gasteiger partial charge >= 0.3 is 0 Å². The fraction of sp³-hybridized carbons (Fsp3) is 0.364. The largest absolute Gasteiger partial charge is 0.346 e. The quantitative estimate of drug-likeness (QED) is 0.747. The number of para-hydroxylation sites is 2. The fourth-order valence-corrected chi connectivity index (χ4v) is 3.06.